The standard InChI is InChI=1S/C29H18F8N2O2/c1-2-3-8-40-20-14-38-28(39-15-20)18-7-6-17(21(30)11-18)5-4-16-9-22(31)26(23(32)10-16)29(36,37)41-19-12-24(33)27(35)25(34)13-19/h6-7,9-15H,2-3,8H2,1H3. The highest BCUT2D eigenvalue weighted by Gasteiger charge is 2.41. The minimum absolute atomic E-state index is 0.0893. The molecule has 0 aliphatic carbocycles. The van der Waals surface area contributed by atoms with Crippen molar-refractivity contribution in [3.05, 3.63) is 106 Å². The summed E-state index contributed by atoms with van der Waals surface area (Å²) in [5.41, 5.74) is -2.17. The third-order valence-electron chi connectivity index (χ3n) is 5.50. The van der Waals surface area contributed by atoms with Crippen molar-refractivity contribution in [2.75, 3.05) is 6.61 Å². The molecular formula is C29H18F8N2O2. The Morgan fingerprint density at radius 1 is 0.756 bits per heavy atom. The predicted molar refractivity (Wildman–Crippen MR) is 131 cm³/mol. The third kappa shape index (κ3) is 6.92. The van der Waals surface area contributed by atoms with Crippen LogP contribution in [-0.4, -0.2) is 16.6 Å². The summed E-state index contributed by atoms with van der Waals surface area (Å²) in [6.45, 7) is 2.52. The second kappa shape index (κ2) is 12.2. The second-order valence-electron chi connectivity index (χ2n) is 8.52. The fraction of sp³-hybridized carbons (Fsp3) is 0.172. The molecule has 0 atom stereocenters. The van der Waals surface area contributed by atoms with E-state index in [0.717, 1.165) is 18.9 Å². The van der Waals surface area contributed by atoms with Crippen LogP contribution in [-0.2, 0) is 6.11 Å². The number of alkyl halides is 2. The second-order valence-corrected chi connectivity index (χ2v) is 8.52. The lowest BCUT2D eigenvalue weighted by Gasteiger charge is -2.19. The Balaban J connectivity index is 1.52. The Hall–Kier alpha value is -4.66. The average Bonchev–Trinajstić information content (AvgIpc) is 2.90. The highest BCUT2D eigenvalue weighted by Crippen LogP contribution is 2.36. The van der Waals surface area contributed by atoms with Crippen LogP contribution < -0.4 is 9.47 Å². The number of aromatic nitrogens is 2. The highest BCUT2D eigenvalue weighted by molar-refractivity contribution is 5.58. The molecular weight excluding hydrogens is 560 g/mol. The van der Waals surface area contributed by atoms with Crippen molar-refractivity contribution in [2.24, 2.45) is 0 Å². The number of hydrogen-bond acceptors (Lipinski definition) is 4. The van der Waals surface area contributed by atoms with Crippen LogP contribution >= 0.6 is 0 Å². The zero-order valence-electron chi connectivity index (χ0n) is 21.1. The molecule has 1 aromatic heterocycles. The topological polar surface area (TPSA) is 44.2 Å². The number of nitrogens with zero attached hydrogens (tertiary/aromatic N) is 2. The molecule has 0 N–H and O–H groups in total. The maximum Gasteiger partial charge on any atom is 0.432 e. The van der Waals surface area contributed by atoms with Gasteiger partial charge in [-0.1, -0.05) is 25.2 Å². The highest BCUT2D eigenvalue weighted by atomic mass is 19.3. The summed E-state index contributed by atoms with van der Waals surface area (Å²) in [7, 11) is 0. The largest absolute Gasteiger partial charge is 0.490 e. The Kier molecular flexibility index (Phi) is 8.76. The van der Waals surface area contributed by atoms with Crippen LogP contribution in [0, 0.1) is 46.7 Å². The SMILES string of the molecule is CCCCOc1cnc(-c2ccc(C#Cc3cc(F)c(C(F)(F)Oc4cc(F)c(F)c(F)c4)c(F)c3)c(F)c2)nc1. The summed E-state index contributed by atoms with van der Waals surface area (Å²) < 4.78 is 122. The fourth-order valence-corrected chi connectivity index (χ4v) is 3.48. The van der Waals surface area contributed by atoms with Crippen LogP contribution in [0.4, 0.5) is 35.1 Å². The maximum atomic E-state index is 14.7. The van der Waals surface area contributed by atoms with Gasteiger partial charge in [0, 0.05) is 23.3 Å². The lowest BCUT2D eigenvalue weighted by Crippen LogP contribution is -2.25. The van der Waals surface area contributed by atoms with Gasteiger partial charge in [-0.25, -0.2) is 36.3 Å². The van der Waals surface area contributed by atoms with E-state index in [0.29, 0.717) is 30.1 Å². The van der Waals surface area contributed by atoms with Gasteiger partial charge in [0.1, 0.15) is 28.8 Å². The van der Waals surface area contributed by atoms with Gasteiger partial charge in [-0.05, 0) is 36.8 Å². The van der Waals surface area contributed by atoms with Crippen LogP contribution in [0.15, 0.2) is 54.9 Å². The maximum absolute atomic E-state index is 14.7. The first-order valence-electron chi connectivity index (χ1n) is 12.0. The van der Waals surface area contributed by atoms with Crippen molar-refractivity contribution < 1.29 is 44.6 Å². The molecule has 0 saturated carbocycles. The third-order valence-corrected chi connectivity index (χ3v) is 5.50. The predicted octanol–water partition coefficient (Wildman–Crippen LogP) is 7.69. The van der Waals surface area contributed by atoms with Crippen molar-refractivity contribution in [1.29, 1.82) is 0 Å². The van der Waals surface area contributed by atoms with Gasteiger partial charge < -0.3 is 9.47 Å². The van der Waals surface area contributed by atoms with Crippen LogP contribution in [0.1, 0.15) is 36.5 Å². The molecule has 0 amide bonds. The van der Waals surface area contributed by atoms with Gasteiger partial charge in [-0.15, -0.1) is 0 Å². The van der Waals surface area contributed by atoms with Crippen LogP contribution in [0.5, 0.6) is 11.5 Å². The molecule has 0 spiro atoms. The van der Waals surface area contributed by atoms with E-state index in [-0.39, 0.29) is 23.5 Å². The molecule has 41 heavy (non-hydrogen) atoms. The normalized spacial score (nSPS) is 11.1. The molecule has 0 saturated heterocycles. The molecule has 0 aliphatic rings. The number of rotatable bonds is 8. The van der Waals surface area contributed by atoms with E-state index in [9.17, 15) is 35.1 Å². The molecule has 0 bridgehead atoms. The molecule has 1 heterocycles. The molecule has 3 aromatic carbocycles. The molecule has 4 rings (SSSR count). The van der Waals surface area contributed by atoms with E-state index in [1.807, 2.05) is 6.92 Å². The lowest BCUT2D eigenvalue weighted by molar-refractivity contribution is -0.189. The van der Waals surface area contributed by atoms with Gasteiger partial charge in [0.25, 0.3) is 0 Å². The van der Waals surface area contributed by atoms with E-state index in [1.165, 1.54) is 24.5 Å². The van der Waals surface area contributed by atoms with Crippen molar-refractivity contribution >= 4 is 0 Å². The van der Waals surface area contributed by atoms with Crippen molar-refractivity contribution in [2.45, 2.75) is 25.9 Å². The van der Waals surface area contributed by atoms with Gasteiger partial charge in [0.15, 0.2) is 29.0 Å². The molecule has 4 nitrogen and oxygen atoms in total. The van der Waals surface area contributed by atoms with Crippen molar-refractivity contribution in [3.63, 3.8) is 0 Å². The Bertz CT molecular complexity index is 1590. The van der Waals surface area contributed by atoms with Gasteiger partial charge >= 0.3 is 6.11 Å². The van der Waals surface area contributed by atoms with Crippen LogP contribution in [0.3, 0.4) is 0 Å². The number of unbranched alkanes of at least 4 members (excludes halogenated alkanes) is 1. The van der Waals surface area contributed by atoms with Crippen LogP contribution in [0.2, 0.25) is 0 Å². The van der Waals surface area contributed by atoms with Crippen molar-refractivity contribution in [3.8, 4) is 34.7 Å². The molecule has 12 heteroatoms. The molecule has 4 aromatic rings. The number of hydrogen-bond donors (Lipinski definition) is 0. The Labute approximate surface area is 228 Å². The Morgan fingerprint density at radius 2 is 1.39 bits per heavy atom. The summed E-state index contributed by atoms with van der Waals surface area (Å²) in [6, 6.07) is 4.90. The number of halogens is 8. The molecule has 0 aliphatic heterocycles. The monoisotopic (exact) mass is 578 g/mol. The zero-order valence-corrected chi connectivity index (χ0v) is 21.1. The lowest BCUT2D eigenvalue weighted by atomic mass is 10.1. The average molecular weight is 578 g/mol. The van der Waals surface area contributed by atoms with E-state index in [2.05, 4.69) is 26.5 Å². The van der Waals surface area contributed by atoms with Gasteiger partial charge in [0.05, 0.1) is 24.6 Å². The van der Waals surface area contributed by atoms with Gasteiger partial charge in [0.2, 0.25) is 0 Å². The van der Waals surface area contributed by atoms with E-state index < -0.39 is 57.9 Å². The molecule has 0 radical (unpaired) electrons. The summed E-state index contributed by atoms with van der Waals surface area (Å²) in [5.74, 6) is -5.97. The number of benzene rings is 3. The summed E-state index contributed by atoms with van der Waals surface area (Å²) >= 11 is 0. The fourth-order valence-electron chi connectivity index (χ4n) is 3.48. The van der Waals surface area contributed by atoms with E-state index >= 15 is 0 Å². The minimum atomic E-state index is -4.75. The quantitative estimate of drug-likeness (QED) is 0.0931. The number of ether oxygens (including phenoxy) is 2. The van der Waals surface area contributed by atoms with Crippen molar-refractivity contribution in [1.82, 2.24) is 9.97 Å². The first kappa shape index (κ1) is 29.3. The zero-order chi connectivity index (χ0) is 29.7. The summed E-state index contributed by atoms with van der Waals surface area (Å²) in [5, 5.41) is 0. The minimum Gasteiger partial charge on any atom is -0.490 e. The summed E-state index contributed by atoms with van der Waals surface area (Å²) in [6.07, 6.45) is -0.0378. The van der Waals surface area contributed by atoms with Crippen LogP contribution in [0.25, 0.3) is 11.4 Å². The van der Waals surface area contributed by atoms with Gasteiger partial charge in [-0.2, -0.15) is 8.78 Å². The van der Waals surface area contributed by atoms with E-state index in [1.54, 1.807) is 0 Å². The summed E-state index contributed by atoms with van der Waals surface area (Å²) in [4.78, 5) is 8.26. The molecule has 212 valence electrons. The first-order chi connectivity index (χ1) is 19.5. The molecule has 0 unspecified atom stereocenters. The first-order valence-corrected chi connectivity index (χ1v) is 12.0. The van der Waals surface area contributed by atoms with E-state index in [4.69, 9.17) is 4.74 Å². The molecule has 0 fully saturated rings. The smallest absolute Gasteiger partial charge is 0.432 e. The van der Waals surface area contributed by atoms with Gasteiger partial charge in [-0.3, -0.25) is 0 Å². The Morgan fingerprint density at radius 3 is 1.98 bits per heavy atom.